The molecule has 0 unspecified atom stereocenters. The highest BCUT2D eigenvalue weighted by Gasteiger charge is 2.19. The summed E-state index contributed by atoms with van der Waals surface area (Å²) in [5.41, 5.74) is 1.94. The van der Waals surface area contributed by atoms with Gasteiger partial charge in [-0.05, 0) is 29.7 Å². The third-order valence-electron chi connectivity index (χ3n) is 4.83. The Bertz CT molecular complexity index is 962. The van der Waals surface area contributed by atoms with Gasteiger partial charge in [-0.25, -0.2) is 4.98 Å². The maximum absolute atomic E-state index is 10.4. The van der Waals surface area contributed by atoms with Gasteiger partial charge in [0.15, 0.2) is 5.82 Å². The summed E-state index contributed by atoms with van der Waals surface area (Å²) in [5, 5.41) is 28.5. The van der Waals surface area contributed by atoms with Crippen molar-refractivity contribution in [1.29, 1.82) is 0 Å². The Kier molecular flexibility index (Phi) is 4.87. The molecule has 1 saturated heterocycles. The van der Waals surface area contributed by atoms with Gasteiger partial charge in [-0.3, -0.25) is 4.57 Å². The minimum atomic E-state index is -0.0672. The zero-order valence-corrected chi connectivity index (χ0v) is 15.8. The number of benzene rings is 1. The fourth-order valence-electron chi connectivity index (χ4n) is 3.29. The molecule has 0 aliphatic carbocycles. The lowest BCUT2D eigenvalue weighted by Crippen LogP contribution is -2.36. The Hall–Kier alpha value is -3.13. The number of phenolic OH excluding ortho intramolecular Hbond substituents is 2. The summed E-state index contributed by atoms with van der Waals surface area (Å²) in [6.07, 6.45) is 4.55. The van der Waals surface area contributed by atoms with Gasteiger partial charge in [0.1, 0.15) is 17.3 Å². The van der Waals surface area contributed by atoms with Crippen LogP contribution in [0.15, 0.2) is 30.5 Å². The fourth-order valence-corrected chi connectivity index (χ4v) is 3.29. The molecule has 0 bridgehead atoms. The van der Waals surface area contributed by atoms with Crippen molar-refractivity contribution < 1.29 is 14.9 Å². The van der Waals surface area contributed by atoms with Gasteiger partial charge in [-0.15, -0.1) is 10.2 Å². The predicted molar refractivity (Wildman–Crippen MR) is 104 cm³/mol. The molecule has 1 aliphatic rings. The highest BCUT2D eigenvalue weighted by molar-refractivity contribution is 5.69. The Morgan fingerprint density at radius 1 is 1.11 bits per heavy atom. The molecule has 2 aromatic heterocycles. The number of pyridine rings is 1. The zero-order chi connectivity index (χ0) is 19.7. The van der Waals surface area contributed by atoms with Crippen LogP contribution in [0.2, 0.25) is 0 Å². The molecule has 0 atom stereocenters. The number of hydrogen-bond acceptors (Lipinski definition) is 7. The predicted octanol–water partition coefficient (Wildman–Crippen LogP) is 2.50. The Morgan fingerprint density at radius 2 is 1.89 bits per heavy atom. The van der Waals surface area contributed by atoms with E-state index in [0.29, 0.717) is 24.6 Å². The van der Waals surface area contributed by atoms with Crippen molar-refractivity contribution in [2.75, 3.05) is 31.2 Å². The Labute approximate surface area is 163 Å². The van der Waals surface area contributed by atoms with Crippen LogP contribution in [0.25, 0.3) is 17.1 Å². The van der Waals surface area contributed by atoms with Gasteiger partial charge in [0.2, 0.25) is 6.33 Å². The second kappa shape index (κ2) is 7.47. The molecule has 1 fully saturated rings. The first-order valence-corrected chi connectivity index (χ1v) is 9.23. The first kappa shape index (κ1) is 18.2. The van der Waals surface area contributed by atoms with Crippen LogP contribution in [-0.2, 0) is 4.74 Å². The number of nitrogens with zero attached hydrogens (tertiary/aromatic N) is 5. The van der Waals surface area contributed by atoms with E-state index in [9.17, 15) is 10.2 Å². The molecule has 2 N–H and O–H groups in total. The lowest BCUT2D eigenvalue weighted by molar-refractivity contribution is 0.122. The minimum Gasteiger partial charge on any atom is -0.508 e. The molecular formula is C20H22N5O3. The third-order valence-corrected chi connectivity index (χ3v) is 4.83. The first-order chi connectivity index (χ1) is 13.5. The van der Waals surface area contributed by atoms with E-state index < -0.39 is 0 Å². The van der Waals surface area contributed by atoms with Crippen LogP contribution in [0.3, 0.4) is 0 Å². The van der Waals surface area contributed by atoms with Crippen LogP contribution in [-0.4, -0.2) is 56.3 Å². The zero-order valence-electron chi connectivity index (χ0n) is 15.8. The summed E-state index contributed by atoms with van der Waals surface area (Å²) < 4.78 is 7.02. The van der Waals surface area contributed by atoms with Gasteiger partial charge in [-0.2, -0.15) is 0 Å². The number of anilines is 1. The van der Waals surface area contributed by atoms with Gasteiger partial charge < -0.3 is 19.8 Å². The van der Waals surface area contributed by atoms with Crippen molar-refractivity contribution in [3.63, 3.8) is 0 Å². The largest absolute Gasteiger partial charge is 0.508 e. The summed E-state index contributed by atoms with van der Waals surface area (Å²) in [4.78, 5) is 6.72. The van der Waals surface area contributed by atoms with Crippen LogP contribution < -0.4 is 4.90 Å². The van der Waals surface area contributed by atoms with Gasteiger partial charge in [0.05, 0.1) is 30.7 Å². The molecule has 28 heavy (non-hydrogen) atoms. The number of morpholine rings is 1. The van der Waals surface area contributed by atoms with Crippen LogP contribution >= 0.6 is 0 Å². The molecular weight excluding hydrogens is 358 g/mol. The summed E-state index contributed by atoms with van der Waals surface area (Å²) in [6.45, 7) is 6.98. The van der Waals surface area contributed by atoms with E-state index in [4.69, 9.17) is 4.74 Å². The van der Waals surface area contributed by atoms with E-state index in [1.165, 1.54) is 6.07 Å². The monoisotopic (exact) mass is 380 g/mol. The Morgan fingerprint density at radius 3 is 2.57 bits per heavy atom. The molecule has 3 aromatic rings. The highest BCUT2D eigenvalue weighted by atomic mass is 16.5. The minimum absolute atomic E-state index is 0.0582. The number of phenols is 2. The highest BCUT2D eigenvalue weighted by Crippen LogP contribution is 2.37. The average Bonchev–Trinajstić information content (AvgIpc) is 3.18. The summed E-state index contributed by atoms with van der Waals surface area (Å²) in [7, 11) is 0. The number of rotatable bonds is 4. The molecule has 1 radical (unpaired) electrons. The average molecular weight is 380 g/mol. The molecule has 0 spiro atoms. The number of ether oxygens (including phenoxy) is 1. The molecule has 4 rings (SSSR count). The lowest BCUT2D eigenvalue weighted by Gasteiger charge is -2.27. The van der Waals surface area contributed by atoms with Crippen LogP contribution in [0.4, 0.5) is 5.82 Å². The van der Waals surface area contributed by atoms with Gasteiger partial charge >= 0.3 is 0 Å². The maximum Gasteiger partial charge on any atom is 0.207 e. The van der Waals surface area contributed by atoms with Crippen molar-refractivity contribution in [2.24, 2.45) is 0 Å². The normalized spacial score (nSPS) is 14.6. The van der Waals surface area contributed by atoms with E-state index in [1.807, 2.05) is 26.0 Å². The first-order valence-electron chi connectivity index (χ1n) is 9.23. The molecule has 0 amide bonds. The molecule has 0 saturated carbocycles. The van der Waals surface area contributed by atoms with Crippen LogP contribution in [0.1, 0.15) is 25.3 Å². The van der Waals surface area contributed by atoms with Crippen molar-refractivity contribution in [3.8, 4) is 28.6 Å². The van der Waals surface area contributed by atoms with Crippen LogP contribution in [0, 0.1) is 6.33 Å². The summed E-state index contributed by atoms with van der Waals surface area (Å²) in [6, 6.07) is 6.93. The summed E-state index contributed by atoms with van der Waals surface area (Å²) in [5.74, 6) is 1.40. The van der Waals surface area contributed by atoms with Gasteiger partial charge in [-0.1, -0.05) is 13.8 Å². The number of aromatic nitrogens is 4. The van der Waals surface area contributed by atoms with Crippen molar-refractivity contribution in [2.45, 2.75) is 19.8 Å². The van der Waals surface area contributed by atoms with Gasteiger partial charge in [0, 0.05) is 19.2 Å². The maximum atomic E-state index is 10.4. The molecule has 1 aliphatic heterocycles. The van der Waals surface area contributed by atoms with E-state index in [1.54, 1.807) is 16.8 Å². The van der Waals surface area contributed by atoms with Crippen molar-refractivity contribution in [3.05, 3.63) is 42.4 Å². The molecule has 1 aromatic carbocycles. The van der Waals surface area contributed by atoms with Crippen molar-refractivity contribution >= 4 is 5.82 Å². The summed E-state index contributed by atoms with van der Waals surface area (Å²) >= 11 is 0. The van der Waals surface area contributed by atoms with Crippen LogP contribution in [0.5, 0.6) is 11.5 Å². The standard InChI is InChI=1S/C20H22N5O3/c1-13(2)15-9-16(18(27)10-17(15)26)20-23-22-12-25(20)14-3-4-19(21-11-14)24-5-7-28-8-6-24/h3-4,9-11,13,26-27H,5-8H2,1-2H3. The second-order valence-electron chi connectivity index (χ2n) is 7.02. The third kappa shape index (κ3) is 3.38. The number of hydrogen-bond donors (Lipinski definition) is 2. The van der Waals surface area contributed by atoms with E-state index >= 15 is 0 Å². The fraction of sp³-hybridized carbons (Fsp3) is 0.350. The quantitative estimate of drug-likeness (QED) is 0.718. The van der Waals surface area contributed by atoms with E-state index in [2.05, 4.69) is 26.4 Å². The van der Waals surface area contributed by atoms with Gasteiger partial charge in [0.25, 0.3) is 0 Å². The molecule has 8 nitrogen and oxygen atoms in total. The van der Waals surface area contributed by atoms with E-state index in [-0.39, 0.29) is 17.4 Å². The second-order valence-corrected chi connectivity index (χ2v) is 7.02. The Balaban J connectivity index is 1.69. The van der Waals surface area contributed by atoms with E-state index in [0.717, 1.165) is 30.2 Å². The smallest absolute Gasteiger partial charge is 0.207 e. The molecule has 3 heterocycles. The topological polar surface area (TPSA) is 96.5 Å². The SMILES string of the molecule is CC(C)c1cc(-c2nn[c]n2-c2ccc(N3CCOCC3)nc2)c(O)cc1O. The number of aromatic hydroxyl groups is 2. The molecule has 8 heteroatoms. The lowest BCUT2D eigenvalue weighted by atomic mass is 9.98. The molecule has 145 valence electrons. The van der Waals surface area contributed by atoms with Crippen molar-refractivity contribution in [1.82, 2.24) is 19.7 Å².